The van der Waals surface area contributed by atoms with Crippen molar-refractivity contribution in [1.82, 2.24) is 25.4 Å². The third-order valence-electron chi connectivity index (χ3n) is 3.75. The molecule has 0 saturated heterocycles. The van der Waals surface area contributed by atoms with Crippen molar-refractivity contribution in [2.45, 2.75) is 26.4 Å². The summed E-state index contributed by atoms with van der Waals surface area (Å²) in [5.41, 5.74) is 2.23. The number of thiazole rings is 1. The van der Waals surface area contributed by atoms with Crippen LogP contribution in [0.4, 0.5) is 0 Å². The van der Waals surface area contributed by atoms with Crippen LogP contribution in [0, 0.1) is 0 Å². The minimum Gasteiger partial charge on any atom is -0.352 e. The van der Waals surface area contributed by atoms with Gasteiger partial charge in [0.1, 0.15) is 5.01 Å². The van der Waals surface area contributed by atoms with Gasteiger partial charge in [-0.25, -0.2) is 9.67 Å². The molecule has 0 spiro atoms. The standard InChI is InChI=1S/C18H22N6S/c1-3-16-12-20-17(25-16)13-22-18(19-2)21-11-14-5-7-15(8-6-14)24-10-4-9-23-24/h4-10,12H,3,11,13H2,1-2H3,(H2,19,21,22). The molecule has 7 heteroatoms. The first kappa shape index (κ1) is 17.2. The zero-order chi connectivity index (χ0) is 17.5. The number of nitrogens with zero attached hydrogens (tertiary/aromatic N) is 4. The van der Waals surface area contributed by atoms with Crippen molar-refractivity contribution < 1.29 is 0 Å². The molecule has 2 aromatic heterocycles. The lowest BCUT2D eigenvalue weighted by atomic mass is 10.2. The van der Waals surface area contributed by atoms with Crippen LogP contribution in [0.25, 0.3) is 5.69 Å². The Morgan fingerprint density at radius 2 is 2.00 bits per heavy atom. The number of rotatable bonds is 6. The summed E-state index contributed by atoms with van der Waals surface area (Å²) < 4.78 is 1.84. The Hall–Kier alpha value is -2.67. The number of guanidine groups is 1. The molecule has 0 amide bonds. The number of aliphatic imine (C=N–C) groups is 1. The largest absolute Gasteiger partial charge is 0.352 e. The summed E-state index contributed by atoms with van der Waals surface area (Å²) in [7, 11) is 1.77. The van der Waals surface area contributed by atoms with Crippen LogP contribution in [0.15, 0.2) is 53.9 Å². The Bertz CT molecular complexity index is 804. The van der Waals surface area contributed by atoms with E-state index in [1.165, 1.54) is 10.4 Å². The van der Waals surface area contributed by atoms with Gasteiger partial charge in [-0.15, -0.1) is 11.3 Å². The van der Waals surface area contributed by atoms with Crippen LogP contribution in [0.3, 0.4) is 0 Å². The third-order valence-corrected chi connectivity index (χ3v) is 4.89. The summed E-state index contributed by atoms with van der Waals surface area (Å²) in [5.74, 6) is 0.768. The lowest BCUT2D eigenvalue weighted by molar-refractivity contribution is 0.804. The van der Waals surface area contributed by atoms with E-state index >= 15 is 0 Å². The molecular formula is C18H22N6S. The molecule has 0 unspecified atom stereocenters. The predicted molar refractivity (Wildman–Crippen MR) is 102 cm³/mol. The first-order valence-corrected chi connectivity index (χ1v) is 9.07. The summed E-state index contributed by atoms with van der Waals surface area (Å²) >= 11 is 1.74. The van der Waals surface area contributed by atoms with Crippen molar-refractivity contribution in [3.05, 3.63) is 64.4 Å². The molecule has 25 heavy (non-hydrogen) atoms. The van der Waals surface area contributed by atoms with E-state index in [4.69, 9.17) is 0 Å². The Balaban J connectivity index is 1.50. The first-order chi connectivity index (χ1) is 12.3. The minimum absolute atomic E-state index is 0.683. The molecule has 130 valence electrons. The molecule has 6 nitrogen and oxygen atoms in total. The van der Waals surface area contributed by atoms with Crippen molar-refractivity contribution in [3.8, 4) is 5.69 Å². The Morgan fingerprint density at radius 1 is 1.20 bits per heavy atom. The summed E-state index contributed by atoms with van der Waals surface area (Å²) in [6.07, 6.45) is 6.68. The van der Waals surface area contributed by atoms with E-state index in [2.05, 4.69) is 56.9 Å². The average molecular weight is 354 g/mol. The average Bonchev–Trinajstić information content (AvgIpc) is 3.34. The van der Waals surface area contributed by atoms with Crippen LogP contribution in [-0.4, -0.2) is 27.8 Å². The van der Waals surface area contributed by atoms with Crippen LogP contribution in [0.1, 0.15) is 22.4 Å². The summed E-state index contributed by atoms with van der Waals surface area (Å²) in [5, 5.41) is 11.9. The molecule has 0 fully saturated rings. The van der Waals surface area contributed by atoms with Crippen LogP contribution in [0.2, 0.25) is 0 Å². The lowest BCUT2D eigenvalue weighted by Gasteiger charge is -2.11. The maximum Gasteiger partial charge on any atom is 0.191 e. The van der Waals surface area contributed by atoms with Gasteiger partial charge < -0.3 is 10.6 Å². The lowest BCUT2D eigenvalue weighted by Crippen LogP contribution is -2.36. The monoisotopic (exact) mass is 354 g/mol. The van der Waals surface area contributed by atoms with E-state index in [1.54, 1.807) is 24.6 Å². The molecule has 0 aliphatic heterocycles. The number of aryl methyl sites for hydroxylation is 1. The van der Waals surface area contributed by atoms with E-state index in [-0.39, 0.29) is 0 Å². The SMILES string of the molecule is CCc1cnc(CNC(=NC)NCc2ccc(-n3cccn3)cc2)s1. The topological polar surface area (TPSA) is 67.1 Å². The van der Waals surface area contributed by atoms with Gasteiger partial charge in [0.2, 0.25) is 0 Å². The minimum atomic E-state index is 0.683. The number of aromatic nitrogens is 3. The second-order valence-corrected chi connectivity index (χ2v) is 6.67. The van der Waals surface area contributed by atoms with E-state index in [1.807, 2.05) is 23.1 Å². The highest BCUT2D eigenvalue weighted by molar-refractivity contribution is 7.11. The maximum absolute atomic E-state index is 4.41. The Labute approximate surface area is 151 Å². The van der Waals surface area contributed by atoms with Gasteiger partial charge in [0, 0.05) is 37.1 Å². The van der Waals surface area contributed by atoms with Gasteiger partial charge in [0.15, 0.2) is 5.96 Å². The second kappa shape index (κ2) is 8.43. The summed E-state index contributed by atoms with van der Waals surface area (Å²) in [4.78, 5) is 9.97. The van der Waals surface area contributed by atoms with Gasteiger partial charge in [-0.1, -0.05) is 19.1 Å². The van der Waals surface area contributed by atoms with E-state index < -0.39 is 0 Å². The Morgan fingerprint density at radius 3 is 2.64 bits per heavy atom. The molecule has 0 radical (unpaired) electrons. The van der Waals surface area contributed by atoms with Crippen LogP contribution in [-0.2, 0) is 19.5 Å². The van der Waals surface area contributed by atoms with Gasteiger partial charge in [0.25, 0.3) is 0 Å². The molecule has 3 aromatic rings. The molecule has 0 atom stereocenters. The highest BCUT2D eigenvalue weighted by Crippen LogP contribution is 2.12. The molecule has 0 saturated carbocycles. The number of benzene rings is 1. The van der Waals surface area contributed by atoms with E-state index in [0.717, 1.165) is 23.1 Å². The molecule has 0 aliphatic rings. The highest BCUT2D eigenvalue weighted by Gasteiger charge is 2.03. The first-order valence-electron chi connectivity index (χ1n) is 8.25. The zero-order valence-electron chi connectivity index (χ0n) is 14.4. The quantitative estimate of drug-likeness (QED) is 0.528. The van der Waals surface area contributed by atoms with Crippen LogP contribution >= 0.6 is 11.3 Å². The molecule has 2 N–H and O–H groups in total. The molecule has 3 rings (SSSR count). The van der Waals surface area contributed by atoms with Gasteiger partial charge in [-0.05, 0) is 30.2 Å². The fraction of sp³-hybridized carbons (Fsp3) is 0.278. The fourth-order valence-electron chi connectivity index (χ4n) is 2.35. The molecule has 0 aliphatic carbocycles. The van der Waals surface area contributed by atoms with Gasteiger partial charge in [0.05, 0.1) is 12.2 Å². The predicted octanol–water partition coefficient (Wildman–Crippen LogP) is 2.76. The van der Waals surface area contributed by atoms with Crippen molar-refractivity contribution >= 4 is 17.3 Å². The summed E-state index contributed by atoms with van der Waals surface area (Å²) in [6.45, 7) is 3.53. The number of nitrogens with one attached hydrogen (secondary N) is 2. The molecule has 1 aromatic carbocycles. The van der Waals surface area contributed by atoms with E-state index in [9.17, 15) is 0 Å². The van der Waals surface area contributed by atoms with Crippen molar-refractivity contribution in [3.63, 3.8) is 0 Å². The van der Waals surface area contributed by atoms with Gasteiger partial charge >= 0.3 is 0 Å². The summed E-state index contributed by atoms with van der Waals surface area (Å²) in [6, 6.07) is 10.2. The second-order valence-electron chi connectivity index (χ2n) is 5.47. The van der Waals surface area contributed by atoms with Gasteiger partial charge in [-0.3, -0.25) is 4.99 Å². The van der Waals surface area contributed by atoms with E-state index in [0.29, 0.717) is 13.1 Å². The zero-order valence-corrected chi connectivity index (χ0v) is 15.3. The third kappa shape index (κ3) is 4.67. The Kier molecular flexibility index (Phi) is 5.79. The normalized spacial score (nSPS) is 11.5. The molecule has 2 heterocycles. The number of hydrogen-bond acceptors (Lipinski definition) is 4. The van der Waals surface area contributed by atoms with Crippen molar-refractivity contribution in [2.24, 2.45) is 4.99 Å². The smallest absolute Gasteiger partial charge is 0.191 e. The molecular weight excluding hydrogens is 332 g/mol. The van der Waals surface area contributed by atoms with Crippen LogP contribution in [0.5, 0.6) is 0 Å². The molecule has 0 bridgehead atoms. The van der Waals surface area contributed by atoms with Crippen molar-refractivity contribution in [2.75, 3.05) is 7.05 Å². The highest BCUT2D eigenvalue weighted by atomic mass is 32.1. The van der Waals surface area contributed by atoms with Crippen LogP contribution < -0.4 is 10.6 Å². The number of hydrogen-bond donors (Lipinski definition) is 2. The van der Waals surface area contributed by atoms with Crippen molar-refractivity contribution in [1.29, 1.82) is 0 Å². The maximum atomic E-state index is 4.41. The van der Waals surface area contributed by atoms with Gasteiger partial charge in [-0.2, -0.15) is 5.10 Å². The fourth-order valence-corrected chi connectivity index (χ4v) is 3.15.